The van der Waals surface area contributed by atoms with E-state index in [1.807, 2.05) is 30.6 Å². The predicted molar refractivity (Wildman–Crippen MR) is 65.7 cm³/mol. The monoisotopic (exact) mass is 204 g/mol. The Kier molecular flexibility index (Phi) is 1.33. The molecule has 0 spiro atoms. The Morgan fingerprint density at radius 1 is 0.688 bits per heavy atom. The number of pyridine rings is 2. The summed E-state index contributed by atoms with van der Waals surface area (Å²) in [6.45, 7) is 0. The van der Waals surface area contributed by atoms with Crippen molar-refractivity contribution in [1.82, 2.24) is 9.97 Å². The van der Waals surface area contributed by atoms with E-state index in [-0.39, 0.29) is 0 Å². The van der Waals surface area contributed by atoms with Crippen LogP contribution in [0.5, 0.6) is 0 Å². The Hall–Kier alpha value is -2.22. The van der Waals surface area contributed by atoms with Crippen LogP contribution in [0.4, 0.5) is 0 Å². The van der Waals surface area contributed by atoms with E-state index in [9.17, 15) is 0 Å². The first kappa shape index (κ1) is 7.99. The number of hydrogen-bond donors (Lipinski definition) is 0. The molecule has 0 aliphatic heterocycles. The van der Waals surface area contributed by atoms with E-state index in [4.69, 9.17) is 0 Å². The summed E-state index contributed by atoms with van der Waals surface area (Å²) in [5.74, 6) is 0. The molecule has 0 atom stereocenters. The Balaban J connectivity index is 2.51. The summed E-state index contributed by atoms with van der Waals surface area (Å²) in [4.78, 5) is 8.82. The van der Waals surface area contributed by atoms with Crippen molar-refractivity contribution < 1.29 is 0 Å². The van der Waals surface area contributed by atoms with E-state index >= 15 is 0 Å². The van der Waals surface area contributed by atoms with Gasteiger partial charge in [0, 0.05) is 17.0 Å². The lowest BCUT2D eigenvalue weighted by Crippen LogP contribution is -1.87. The van der Waals surface area contributed by atoms with Gasteiger partial charge in [0.15, 0.2) is 0 Å². The zero-order valence-corrected chi connectivity index (χ0v) is 8.51. The third kappa shape index (κ3) is 0.865. The van der Waals surface area contributed by atoms with Gasteiger partial charge < -0.3 is 0 Å². The third-order valence-electron chi connectivity index (χ3n) is 3.11. The zero-order chi connectivity index (χ0) is 10.5. The Morgan fingerprint density at radius 2 is 1.50 bits per heavy atom. The number of aromatic nitrogens is 2. The minimum Gasteiger partial charge on any atom is -0.255 e. The third-order valence-corrected chi connectivity index (χ3v) is 3.11. The van der Waals surface area contributed by atoms with Gasteiger partial charge in [0.2, 0.25) is 0 Å². The standard InChI is InChI=1S/C14H8N2/c1-2-9-4-5-10-6-7-15-12-8-16-11(3-1)13(9)14(10)12/h1-8H. The van der Waals surface area contributed by atoms with E-state index < -0.39 is 0 Å². The molecule has 4 rings (SSSR count). The Bertz CT molecular complexity index is 675. The maximum absolute atomic E-state index is 4.45. The Labute approximate surface area is 91.9 Å². The molecule has 2 aromatic heterocycles. The van der Waals surface area contributed by atoms with E-state index in [2.05, 4.69) is 28.2 Å². The van der Waals surface area contributed by atoms with Gasteiger partial charge in [-0.3, -0.25) is 9.97 Å². The van der Waals surface area contributed by atoms with Crippen LogP contribution in [0.15, 0.2) is 48.8 Å². The maximum Gasteiger partial charge on any atom is 0.0897 e. The second-order valence-electron chi connectivity index (χ2n) is 3.99. The zero-order valence-electron chi connectivity index (χ0n) is 8.51. The van der Waals surface area contributed by atoms with E-state index in [1.54, 1.807) is 0 Å². The lowest BCUT2D eigenvalue weighted by molar-refractivity contribution is 1.37. The van der Waals surface area contributed by atoms with E-state index in [1.165, 1.54) is 21.5 Å². The van der Waals surface area contributed by atoms with Gasteiger partial charge in [0.25, 0.3) is 0 Å². The molecule has 0 amide bonds. The molecule has 74 valence electrons. The Morgan fingerprint density at radius 3 is 2.44 bits per heavy atom. The fourth-order valence-corrected chi connectivity index (χ4v) is 2.39. The van der Waals surface area contributed by atoms with Crippen molar-refractivity contribution in [3.8, 4) is 0 Å². The molecule has 2 aromatic carbocycles. The first-order valence-corrected chi connectivity index (χ1v) is 5.28. The van der Waals surface area contributed by atoms with Crippen LogP contribution in [0.1, 0.15) is 0 Å². The quantitative estimate of drug-likeness (QED) is 0.410. The van der Waals surface area contributed by atoms with Gasteiger partial charge >= 0.3 is 0 Å². The molecule has 0 saturated heterocycles. The van der Waals surface area contributed by atoms with Crippen molar-refractivity contribution in [3.05, 3.63) is 48.8 Å². The summed E-state index contributed by atoms with van der Waals surface area (Å²) < 4.78 is 0. The van der Waals surface area contributed by atoms with Crippen molar-refractivity contribution in [2.45, 2.75) is 0 Å². The van der Waals surface area contributed by atoms with Crippen LogP contribution in [0.2, 0.25) is 0 Å². The van der Waals surface area contributed by atoms with Crippen molar-refractivity contribution >= 4 is 32.6 Å². The van der Waals surface area contributed by atoms with Gasteiger partial charge in [-0.25, -0.2) is 0 Å². The summed E-state index contributed by atoms with van der Waals surface area (Å²) in [6, 6.07) is 12.6. The van der Waals surface area contributed by atoms with Gasteiger partial charge in [-0.1, -0.05) is 24.3 Å². The lowest BCUT2D eigenvalue weighted by atomic mass is 10.0. The summed E-state index contributed by atoms with van der Waals surface area (Å²) in [7, 11) is 0. The van der Waals surface area contributed by atoms with Gasteiger partial charge in [-0.15, -0.1) is 0 Å². The second kappa shape index (κ2) is 2.67. The van der Waals surface area contributed by atoms with Crippen LogP contribution < -0.4 is 0 Å². The number of nitrogens with zero attached hydrogens (tertiary/aromatic N) is 2. The fraction of sp³-hybridized carbons (Fsp3) is 0. The van der Waals surface area contributed by atoms with Crippen LogP contribution >= 0.6 is 0 Å². The molecule has 0 radical (unpaired) electrons. The van der Waals surface area contributed by atoms with Crippen LogP contribution in [0, 0.1) is 0 Å². The minimum atomic E-state index is 0.974. The highest BCUT2D eigenvalue weighted by atomic mass is 14.7. The van der Waals surface area contributed by atoms with Crippen LogP contribution in [0.3, 0.4) is 0 Å². The molecule has 16 heavy (non-hydrogen) atoms. The molecule has 0 fully saturated rings. The molecule has 0 saturated carbocycles. The summed E-state index contributed by atoms with van der Waals surface area (Å²) in [5, 5.41) is 4.92. The van der Waals surface area contributed by atoms with Crippen molar-refractivity contribution in [3.63, 3.8) is 0 Å². The van der Waals surface area contributed by atoms with E-state index in [0.29, 0.717) is 0 Å². The topological polar surface area (TPSA) is 25.8 Å². The fourth-order valence-electron chi connectivity index (χ4n) is 2.39. The molecule has 0 unspecified atom stereocenters. The van der Waals surface area contributed by atoms with Crippen molar-refractivity contribution in [2.24, 2.45) is 0 Å². The smallest absolute Gasteiger partial charge is 0.0897 e. The lowest BCUT2D eigenvalue weighted by Gasteiger charge is -2.08. The van der Waals surface area contributed by atoms with Gasteiger partial charge in [0.05, 0.1) is 17.2 Å². The molecule has 0 bridgehead atoms. The normalized spacial score (nSPS) is 11.8. The summed E-state index contributed by atoms with van der Waals surface area (Å²) >= 11 is 0. The molecule has 0 N–H and O–H groups in total. The van der Waals surface area contributed by atoms with Crippen LogP contribution in [0.25, 0.3) is 32.6 Å². The molecule has 4 aromatic rings. The summed E-state index contributed by atoms with van der Waals surface area (Å²) in [5.41, 5.74) is 2.02. The molecular formula is C14H8N2. The second-order valence-corrected chi connectivity index (χ2v) is 3.99. The van der Waals surface area contributed by atoms with Gasteiger partial charge in [-0.05, 0) is 22.9 Å². The van der Waals surface area contributed by atoms with E-state index in [0.717, 1.165) is 11.0 Å². The van der Waals surface area contributed by atoms with Crippen LogP contribution in [-0.4, -0.2) is 9.97 Å². The SMILES string of the molecule is c1cc2ccc3ccnc4cnc(c1)c2c34. The average molecular weight is 204 g/mol. The average Bonchev–Trinajstić information content (AvgIpc) is 2.36. The largest absolute Gasteiger partial charge is 0.255 e. The van der Waals surface area contributed by atoms with Crippen molar-refractivity contribution in [2.75, 3.05) is 0 Å². The van der Waals surface area contributed by atoms with Crippen molar-refractivity contribution in [1.29, 1.82) is 0 Å². The van der Waals surface area contributed by atoms with Gasteiger partial charge in [0.1, 0.15) is 0 Å². The van der Waals surface area contributed by atoms with Gasteiger partial charge in [-0.2, -0.15) is 0 Å². The summed E-state index contributed by atoms with van der Waals surface area (Å²) in [6.07, 6.45) is 3.69. The molecule has 2 heterocycles. The molecule has 2 nitrogen and oxygen atoms in total. The highest BCUT2D eigenvalue weighted by Gasteiger charge is 2.07. The molecule has 0 aliphatic rings. The highest BCUT2D eigenvalue weighted by molar-refractivity contribution is 6.20. The maximum atomic E-state index is 4.45. The molecule has 2 heteroatoms. The number of rotatable bonds is 0. The first-order chi connectivity index (χ1) is 7.93. The predicted octanol–water partition coefficient (Wildman–Crippen LogP) is 3.37. The number of hydrogen-bond acceptors (Lipinski definition) is 2. The number of benzene rings is 2. The van der Waals surface area contributed by atoms with Crippen LogP contribution in [-0.2, 0) is 0 Å². The first-order valence-electron chi connectivity index (χ1n) is 5.28. The minimum absolute atomic E-state index is 0.974. The molecule has 0 aliphatic carbocycles. The molecular weight excluding hydrogens is 196 g/mol. The highest BCUT2D eigenvalue weighted by Crippen LogP contribution is 2.31.